The second kappa shape index (κ2) is 6.91. The van der Waals surface area contributed by atoms with Gasteiger partial charge in [0.15, 0.2) is 0 Å². The molecule has 0 unspecified atom stereocenters. The van der Waals surface area contributed by atoms with E-state index in [9.17, 15) is 13.2 Å². The number of rotatable bonds is 5. The molecule has 1 aromatic heterocycles. The van der Waals surface area contributed by atoms with Gasteiger partial charge in [0.05, 0.1) is 35.6 Å². The summed E-state index contributed by atoms with van der Waals surface area (Å²) >= 11 is 5.80. The summed E-state index contributed by atoms with van der Waals surface area (Å²) in [5, 5.41) is 3.15. The van der Waals surface area contributed by atoms with Gasteiger partial charge in [0.2, 0.25) is 10.0 Å². The summed E-state index contributed by atoms with van der Waals surface area (Å²) in [6.07, 6.45) is 2.84. The van der Waals surface area contributed by atoms with Gasteiger partial charge >= 0.3 is 0 Å². The van der Waals surface area contributed by atoms with Crippen molar-refractivity contribution in [2.75, 3.05) is 33.1 Å². The first kappa shape index (κ1) is 17.1. The zero-order valence-electron chi connectivity index (χ0n) is 12.3. The van der Waals surface area contributed by atoms with E-state index in [1.165, 1.54) is 36.9 Å². The molecule has 2 rings (SSSR count). The molecular weight excluding hydrogens is 330 g/mol. The summed E-state index contributed by atoms with van der Waals surface area (Å²) < 4.78 is 30.4. The Morgan fingerprint density at radius 1 is 1.45 bits per heavy atom. The highest BCUT2D eigenvalue weighted by atomic mass is 35.5. The number of nitrogens with one attached hydrogen (secondary N) is 1. The van der Waals surface area contributed by atoms with Crippen molar-refractivity contribution >= 4 is 27.5 Å². The third-order valence-corrected chi connectivity index (χ3v) is 5.63. The van der Waals surface area contributed by atoms with E-state index in [0.717, 1.165) is 0 Å². The van der Waals surface area contributed by atoms with E-state index >= 15 is 0 Å². The third kappa shape index (κ3) is 4.16. The molecule has 0 aliphatic carbocycles. The Hall–Kier alpha value is -1.22. The van der Waals surface area contributed by atoms with Crippen LogP contribution < -0.4 is 5.32 Å². The minimum absolute atomic E-state index is 0.0707. The summed E-state index contributed by atoms with van der Waals surface area (Å²) in [4.78, 5) is 16.0. The van der Waals surface area contributed by atoms with Crippen LogP contribution in [0.25, 0.3) is 0 Å². The maximum atomic E-state index is 12.2. The van der Waals surface area contributed by atoms with E-state index in [1.807, 2.05) is 0 Å². The molecule has 1 N–H and O–H groups in total. The molecule has 0 spiro atoms. The van der Waals surface area contributed by atoms with Gasteiger partial charge in [0.1, 0.15) is 0 Å². The van der Waals surface area contributed by atoms with Crippen molar-refractivity contribution in [3.8, 4) is 0 Å². The lowest BCUT2D eigenvalue weighted by Gasteiger charge is -2.21. The SMILES string of the molecule is CN(C)S(=O)(=O)C[C@@H]1COC[C@H]1NC(=O)c1cncc(Cl)c1. The standard InChI is InChI=1S/C13H18ClN3O4S/c1-17(2)22(19,20)8-10-6-21-7-12(10)16-13(18)9-3-11(14)5-15-4-9/h3-5,10,12H,6-8H2,1-2H3,(H,16,18)/t10-,12+/m0/s1. The van der Waals surface area contributed by atoms with Crippen LogP contribution in [0.2, 0.25) is 5.02 Å². The molecule has 0 aromatic carbocycles. The Morgan fingerprint density at radius 3 is 2.82 bits per heavy atom. The van der Waals surface area contributed by atoms with Crippen LogP contribution in [0.3, 0.4) is 0 Å². The maximum absolute atomic E-state index is 12.2. The zero-order valence-corrected chi connectivity index (χ0v) is 13.9. The smallest absolute Gasteiger partial charge is 0.253 e. The molecule has 0 radical (unpaired) electrons. The van der Waals surface area contributed by atoms with Gasteiger partial charge in [-0.25, -0.2) is 12.7 Å². The van der Waals surface area contributed by atoms with Gasteiger partial charge in [-0.05, 0) is 6.07 Å². The number of ether oxygens (including phenoxy) is 1. The number of sulfonamides is 1. The van der Waals surface area contributed by atoms with E-state index in [1.54, 1.807) is 0 Å². The molecule has 1 aliphatic heterocycles. The molecule has 9 heteroatoms. The lowest BCUT2D eigenvalue weighted by atomic mass is 10.1. The van der Waals surface area contributed by atoms with Crippen LogP contribution in [-0.4, -0.2) is 62.7 Å². The molecule has 22 heavy (non-hydrogen) atoms. The quantitative estimate of drug-likeness (QED) is 0.831. The summed E-state index contributed by atoms with van der Waals surface area (Å²) in [5.41, 5.74) is 0.327. The molecule has 1 aliphatic rings. The van der Waals surface area contributed by atoms with Gasteiger partial charge in [-0.3, -0.25) is 9.78 Å². The maximum Gasteiger partial charge on any atom is 0.253 e. The van der Waals surface area contributed by atoms with Crippen LogP contribution >= 0.6 is 11.6 Å². The van der Waals surface area contributed by atoms with Gasteiger partial charge in [-0.15, -0.1) is 0 Å². The Kier molecular flexibility index (Phi) is 5.38. The minimum Gasteiger partial charge on any atom is -0.379 e. The van der Waals surface area contributed by atoms with Gasteiger partial charge in [0, 0.05) is 32.4 Å². The summed E-state index contributed by atoms with van der Waals surface area (Å²) in [6.45, 7) is 0.583. The fraction of sp³-hybridized carbons (Fsp3) is 0.538. The zero-order chi connectivity index (χ0) is 16.3. The number of aromatic nitrogens is 1. The average Bonchev–Trinajstić information content (AvgIpc) is 2.85. The van der Waals surface area contributed by atoms with Gasteiger partial charge in [-0.1, -0.05) is 11.6 Å². The number of hydrogen-bond donors (Lipinski definition) is 1. The molecule has 1 fully saturated rings. The topological polar surface area (TPSA) is 88.6 Å². The lowest BCUT2D eigenvalue weighted by molar-refractivity contribution is 0.0925. The fourth-order valence-corrected chi connectivity index (χ4v) is 3.47. The average molecular weight is 348 g/mol. The van der Waals surface area contributed by atoms with E-state index in [-0.39, 0.29) is 30.2 Å². The van der Waals surface area contributed by atoms with Crippen LogP contribution in [0.4, 0.5) is 0 Å². The molecule has 7 nitrogen and oxygen atoms in total. The fourth-order valence-electron chi connectivity index (χ4n) is 2.13. The van der Waals surface area contributed by atoms with Crippen LogP contribution in [0.15, 0.2) is 18.5 Å². The van der Waals surface area contributed by atoms with Crippen molar-refractivity contribution in [1.29, 1.82) is 0 Å². The van der Waals surface area contributed by atoms with Crippen LogP contribution in [0, 0.1) is 5.92 Å². The van der Waals surface area contributed by atoms with E-state index in [4.69, 9.17) is 16.3 Å². The van der Waals surface area contributed by atoms with Crippen molar-refractivity contribution in [3.63, 3.8) is 0 Å². The van der Waals surface area contributed by atoms with Crippen molar-refractivity contribution in [1.82, 2.24) is 14.6 Å². The molecule has 1 aromatic rings. The van der Waals surface area contributed by atoms with Gasteiger partial charge < -0.3 is 10.1 Å². The minimum atomic E-state index is -3.35. The predicted molar refractivity (Wildman–Crippen MR) is 82.3 cm³/mol. The monoisotopic (exact) mass is 347 g/mol. The van der Waals surface area contributed by atoms with Crippen LogP contribution in [0.1, 0.15) is 10.4 Å². The highest BCUT2D eigenvalue weighted by Crippen LogP contribution is 2.18. The van der Waals surface area contributed by atoms with E-state index in [0.29, 0.717) is 17.2 Å². The molecule has 0 bridgehead atoms. The summed E-state index contributed by atoms with van der Waals surface area (Å²) in [5.74, 6) is -0.708. The number of carbonyl (C=O) groups is 1. The first-order chi connectivity index (χ1) is 10.3. The molecule has 1 amide bonds. The number of nitrogens with zero attached hydrogens (tertiary/aromatic N) is 2. The third-order valence-electron chi connectivity index (χ3n) is 3.46. The molecule has 122 valence electrons. The number of halogens is 1. The Bertz CT molecular complexity index is 650. The highest BCUT2D eigenvalue weighted by Gasteiger charge is 2.34. The molecule has 1 saturated heterocycles. The lowest BCUT2D eigenvalue weighted by Crippen LogP contribution is -2.43. The first-order valence-electron chi connectivity index (χ1n) is 6.69. The molecule has 0 saturated carbocycles. The van der Waals surface area contributed by atoms with Crippen molar-refractivity contribution in [3.05, 3.63) is 29.0 Å². The van der Waals surface area contributed by atoms with Gasteiger partial charge in [-0.2, -0.15) is 0 Å². The second-order valence-corrected chi connectivity index (χ2v) is 7.99. The predicted octanol–water partition coefficient (Wildman–Crippen LogP) is 0.371. The van der Waals surface area contributed by atoms with E-state index < -0.39 is 10.0 Å². The van der Waals surface area contributed by atoms with Crippen molar-refractivity contribution < 1.29 is 17.9 Å². The number of carbonyl (C=O) groups excluding carboxylic acids is 1. The Morgan fingerprint density at radius 2 is 2.18 bits per heavy atom. The van der Waals surface area contributed by atoms with Crippen LogP contribution in [0.5, 0.6) is 0 Å². The van der Waals surface area contributed by atoms with Crippen molar-refractivity contribution in [2.45, 2.75) is 6.04 Å². The van der Waals surface area contributed by atoms with E-state index in [2.05, 4.69) is 10.3 Å². The second-order valence-electron chi connectivity index (χ2n) is 5.33. The molecule has 2 atom stereocenters. The Labute approximate surface area is 134 Å². The first-order valence-corrected chi connectivity index (χ1v) is 8.67. The van der Waals surface area contributed by atoms with Crippen molar-refractivity contribution in [2.24, 2.45) is 5.92 Å². The number of pyridine rings is 1. The largest absolute Gasteiger partial charge is 0.379 e. The van der Waals surface area contributed by atoms with Crippen LogP contribution in [-0.2, 0) is 14.8 Å². The molecular formula is C13H18ClN3O4S. The Balaban J connectivity index is 2.04. The number of hydrogen-bond acceptors (Lipinski definition) is 5. The van der Waals surface area contributed by atoms with Gasteiger partial charge in [0.25, 0.3) is 5.91 Å². The summed E-state index contributed by atoms with van der Waals surface area (Å²) in [7, 11) is -0.388. The summed E-state index contributed by atoms with van der Waals surface area (Å²) in [6, 6.07) is 1.15. The molecule has 2 heterocycles. The number of amides is 1. The normalized spacial score (nSPS) is 22.0. The highest BCUT2D eigenvalue weighted by molar-refractivity contribution is 7.89.